The van der Waals surface area contributed by atoms with Crippen LogP contribution >= 0.6 is 35.2 Å². The third-order valence-electron chi connectivity index (χ3n) is 4.35. The molecule has 2 amide bonds. The van der Waals surface area contributed by atoms with E-state index in [1.165, 1.54) is 11.3 Å². The number of carbonyl (C=O) groups excluding carboxylic acids is 2. The van der Waals surface area contributed by atoms with E-state index in [2.05, 4.69) is 21.2 Å². The molecule has 0 aliphatic carbocycles. The molecule has 3 N–H and O–H groups in total. The van der Waals surface area contributed by atoms with Gasteiger partial charge in [-0.3, -0.25) is 25.8 Å². The monoisotopic (exact) mass is 466 g/mol. The van der Waals surface area contributed by atoms with E-state index in [1.807, 2.05) is 30.3 Å². The summed E-state index contributed by atoms with van der Waals surface area (Å²) in [7, 11) is 0. The second-order valence-corrected chi connectivity index (χ2v) is 8.21. The SMILES string of the molecule is O=C(NNC(=S)NC(=O)c1cc(-c2ccccc2)nc2ccc(Cl)cc12)c1cccs1. The van der Waals surface area contributed by atoms with Gasteiger partial charge in [-0.1, -0.05) is 48.0 Å². The molecular weight excluding hydrogens is 452 g/mol. The highest BCUT2D eigenvalue weighted by Gasteiger charge is 2.16. The first-order chi connectivity index (χ1) is 15.0. The van der Waals surface area contributed by atoms with Gasteiger partial charge in [0.15, 0.2) is 5.11 Å². The number of nitrogens with zero attached hydrogens (tertiary/aromatic N) is 1. The molecule has 0 saturated carbocycles. The molecule has 0 spiro atoms. The van der Waals surface area contributed by atoms with Crippen molar-refractivity contribution >= 4 is 63.0 Å². The molecule has 0 unspecified atom stereocenters. The standard InChI is InChI=1S/C22H15ClN4O2S2/c23-14-8-9-17-15(11-14)16(12-18(24-17)13-5-2-1-3-6-13)20(28)25-22(30)27-26-21(29)19-7-4-10-31-19/h1-12H,(H,26,29)(H2,25,27,28,30). The van der Waals surface area contributed by atoms with Crippen LogP contribution in [0.15, 0.2) is 72.1 Å². The van der Waals surface area contributed by atoms with Crippen LogP contribution in [0.3, 0.4) is 0 Å². The molecule has 0 radical (unpaired) electrons. The predicted molar refractivity (Wildman–Crippen MR) is 127 cm³/mol. The molecule has 0 saturated heterocycles. The van der Waals surface area contributed by atoms with Gasteiger partial charge >= 0.3 is 0 Å². The number of amides is 2. The number of carbonyl (C=O) groups is 2. The lowest BCUT2D eigenvalue weighted by Gasteiger charge is -2.13. The molecule has 0 fully saturated rings. The van der Waals surface area contributed by atoms with E-state index >= 15 is 0 Å². The van der Waals surface area contributed by atoms with Crippen molar-refractivity contribution in [3.63, 3.8) is 0 Å². The lowest BCUT2D eigenvalue weighted by molar-refractivity contribution is 0.0938. The maximum atomic E-state index is 13.0. The molecule has 4 aromatic rings. The zero-order valence-corrected chi connectivity index (χ0v) is 18.3. The van der Waals surface area contributed by atoms with Gasteiger partial charge in [-0.15, -0.1) is 11.3 Å². The number of thiocarbonyl (C=S) groups is 1. The largest absolute Gasteiger partial charge is 0.298 e. The van der Waals surface area contributed by atoms with Gasteiger partial charge in [0.05, 0.1) is 21.7 Å². The van der Waals surface area contributed by atoms with E-state index in [0.29, 0.717) is 32.1 Å². The molecule has 0 aliphatic heterocycles. The second-order valence-electron chi connectivity index (χ2n) is 6.42. The molecule has 2 aromatic carbocycles. The Morgan fingerprint density at radius 3 is 2.48 bits per heavy atom. The summed E-state index contributed by atoms with van der Waals surface area (Å²) in [4.78, 5) is 30.2. The zero-order chi connectivity index (χ0) is 21.8. The van der Waals surface area contributed by atoms with Gasteiger partial charge in [0, 0.05) is 16.0 Å². The highest BCUT2D eigenvalue weighted by atomic mass is 35.5. The fourth-order valence-corrected chi connectivity index (χ4v) is 3.86. The average Bonchev–Trinajstić information content (AvgIpc) is 3.32. The number of hydrazine groups is 1. The van der Waals surface area contributed by atoms with E-state index in [9.17, 15) is 9.59 Å². The smallest absolute Gasteiger partial charge is 0.279 e. The molecule has 0 aliphatic rings. The van der Waals surface area contributed by atoms with Crippen LogP contribution in [0.2, 0.25) is 5.02 Å². The van der Waals surface area contributed by atoms with Crippen molar-refractivity contribution in [2.45, 2.75) is 0 Å². The summed E-state index contributed by atoms with van der Waals surface area (Å²) in [5.41, 5.74) is 7.50. The van der Waals surface area contributed by atoms with E-state index in [4.69, 9.17) is 23.8 Å². The Kier molecular flexibility index (Phi) is 6.22. The first kappa shape index (κ1) is 20.9. The second kappa shape index (κ2) is 9.22. The number of thiophene rings is 1. The Morgan fingerprint density at radius 2 is 1.74 bits per heavy atom. The van der Waals surface area contributed by atoms with Gasteiger partial charge in [-0.25, -0.2) is 4.98 Å². The van der Waals surface area contributed by atoms with Gasteiger partial charge in [0.1, 0.15) is 0 Å². The maximum Gasteiger partial charge on any atom is 0.279 e. The fraction of sp³-hybridized carbons (Fsp3) is 0. The Labute approximate surface area is 192 Å². The number of nitrogens with one attached hydrogen (secondary N) is 3. The van der Waals surface area contributed by atoms with Gasteiger partial charge in [-0.2, -0.15) is 0 Å². The first-order valence-electron chi connectivity index (χ1n) is 9.12. The highest BCUT2D eigenvalue weighted by molar-refractivity contribution is 7.80. The normalized spacial score (nSPS) is 10.5. The number of pyridine rings is 1. The number of hydrogen-bond acceptors (Lipinski definition) is 5. The minimum absolute atomic E-state index is 0.0387. The van der Waals surface area contributed by atoms with Crippen molar-refractivity contribution < 1.29 is 9.59 Å². The van der Waals surface area contributed by atoms with Gasteiger partial charge in [0.25, 0.3) is 11.8 Å². The minimum atomic E-state index is -0.449. The van der Waals surface area contributed by atoms with Crippen molar-refractivity contribution in [3.8, 4) is 11.3 Å². The van der Waals surface area contributed by atoms with Gasteiger partial charge < -0.3 is 0 Å². The van der Waals surface area contributed by atoms with E-state index < -0.39 is 5.91 Å². The minimum Gasteiger partial charge on any atom is -0.298 e. The summed E-state index contributed by atoms with van der Waals surface area (Å²) in [6.45, 7) is 0. The van der Waals surface area contributed by atoms with E-state index in [0.717, 1.165) is 5.56 Å². The Morgan fingerprint density at radius 1 is 0.935 bits per heavy atom. The fourth-order valence-electron chi connectivity index (χ4n) is 2.93. The number of benzene rings is 2. The highest BCUT2D eigenvalue weighted by Crippen LogP contribution is 2.27. The Bertz CT molecular complexity index is 1280. The van der Waals surface area contributed by atoms with Crippen molar-refractivity contribution in [1.29, 1.82) is 0 Å². The average molecular weight is 467 g/mol. The van der Waals surface area contributed by atoms with Crippen molar-refractivity contribution in [2.24, 2.45) is 0 Å². The van der Waals surface area contributed by atoms with Crippen LogP contribution < -0.4 is 16.2 Å². The number of hydrogen-bond donors (Lipinski definition) is 3. The quantitative estimate of drug-likeness (QED) is 0.304. The van der Waals surface area contributed by atoms with Crippen molar-refractivity contribution in [3.05, 3.63) is 87.6 Å². The molecule has 2 heterocycles. The van der Waals surface area contributed by atoms with Crippen LogP contribution in [0, 0.1) is 0 Å². The molecule has 4 rings (SSSR count). The molecule has 9 heteroatoms. The summed E-state index contributed by atoms with van der Waals surface area (Å²) >= 11 is 12.6. The van der Waals surface area contributed by atoms with Crippen LogP contribution in [0.1, 0.15) is 20.0 Å². The Hall–Kier alpha value is -3.33. The maximum absolute atomic E-state index is 13.0. The van der Waals surface area contributed by atoms with E-state index in [-0.39, 0.29) is 11.0 Å². The van der Waals surface area contributed by atoms with Gasteiger partial charge in [0.2, 0.25) is 0 Å². The van der Waals surface area contributed by atoms with E-state index in [1.54, 1.807) is 41.8 Å². The number of aromatic nitrogens is 1. The van der Waals surface area contributed by atoms with Crippen molar-refractivity contribution in [2.75, 3.05) is 0 Å². The molecule has 6 nitrogen and oxygen atoms in total. The first-order valence-corrected chi connectivity index (χ1v) is 10.8. The third-order valence-corrected chi connectivity index (χ3v) is 5.65. The molecule has 2 aromatic heterocycles. The van der Waals surface area contributed by atoms with Crippen LogP contribution in [0.5, 0.6) is 0 Å². The molecule has 0 bridgehead atoms. The van der Waals surface area contributed by atoms with Crippen LogP contribution in [0.25, 0.3) is 22.2 Å². The number of halogens is 1. The van der Waals surface area contributed by atoms with Crippen LogP contribution in [-0.4, -0.2) is 21.9 Å². The van der Waals surface area contributed by atoms with Gasteiger partial charge in [-0.05, 0) is 47.9 Å². The Balaban J connectivity index is 1.58. The summed E-state index contributed by atoms with van der Waals surface area (Å²) in [5.74, 6) is -0.797. The number of rotatable bonds is 3. The molecule has 154 valence electrons. The summed E-state index contributed by atoms with van der Waals surface area (Å²) in [6.07, 6.45) is 0. The lowest BCUT2D eigenvalue weighted by Crippen LogP contribution is -2.48. The summed E-state index contributed by atoms with van der Waals surface area (Å²) < 4.78 is 0. The summed E-state index contributed by atoms with van der Waals surface area (Å²) in [6, 6.07) is 19.8. The lowest BCUT2D eigenvalue weighted by atomic mass is 10.0. The zero-order valence-electron chi connectivity index (χ0n) is 15.9. The van der Waals surface area contributed by atoms with Crippen LogP contribution in [-0.2, 0) is 0 Å². The van der Waals surface area contributed by atoms with Crippen molar-refractivity contribution in [1.82, 2.24) is 21.2 Å². The third kappa shape index (κ3) is 4.88. The topological polar surface area (TPSA) is 83.1 Å². The molecular formula is C22H15ClN4O2S2. The molecule has 31 heavy (non-hydrogen) atoms. The predicted octanol–water partition coefficient (Wildman–Crippen LogP) is 4.57. The number of fused-ring (bicyclic) bond motifs is 1. The molecule has 0 atom stereocenters. The van der Waals surface area contributed by atoms with Crippen LogP contribution in [0.4, 0.5) is 0 Å². The summed E-state index contributed by atoms with van der Waals surface area (Å²) in [5, 5.41) is 5.42.